The Kier molecular flexibility index (Phi) is 5.14. The molecule has 1 heterocycles. The summed E-state index contributed by atoms with van der Waals surface area (Å²) in [5.74, 6) is 0.322. The van der Waals surface area contributed by atoms with E-state index in [9.17, 15) is 0 Å². The number of hydrogen-bond acceptors (Lipinski definition) is 4. The number of rotatable bonds is 0. The fourth-order valence-electron chi connectivity index (χ4n) is 0.787. The second kappa shape index (κ2) is 6.42. The maximum absolute atomic E-state index is 5.14. The van der Waals surface area contributed by atoms with Crippen molar-refractivity contribution in [1.29, 1.82) is 0 Å². The van der Waals surface area contributed by atoms with Crippen molar-refractivity contribution in [1.82, 2.24) is 9.97 Å². The van der Waals surface area contributed by atoms with Crippen LogP contribution in [0, 0.1) is 0 Å². The molecular weight excluding hydrogens is 274 g/mol. The number of anilines is 1. The lowest BCUT2D eigenvalue weighted by atomic mass is 10.4. The highest BCUT2D eigenvalue weighted by Crippen LogP contribution is 2.13. The zero-order valence-electron chi connectivity index (χ0n) is 7.84. The summed E-state index contributed by atoms with van der Waals surface area (Å²) in [5, 5.41) is 0. The van der Waals surface area contributed by atoms with Crippen molar-refractivity contribution in [3.63, 3.8) is 0 Å². The minimum atomic E-state index is 0.322. The second-order valence-electron chi connectivity index (χ2n) is 2.59. The topological polar surface area (TPSA) is 51.8 Å². The Labute approximate surface area is 102 Å². The maximum Gasteiger partial charge on any atom is 0.219 e. The molecule has 0 spiro atoms. The monoisotopic (exact) mass is 283 g/mol. The van der Waals surface area contributed by atoms with Crippen molar-refractivity contribution in [2.75, 3.05) is 5.73 Å². The summed E-state index contributed by atoms with van der Waals surface area (Å²) in [6, 6.07) is 9.53. The van der Waals surface area contributed by atoms with Crippen LogP contribution in [0.5, 0.6) is 0 Å². The molecule has 0 aliphatic heterocycles. The third-order valence-corrected chi connectivity index (χ3v) is 2.17. The van der Waals surface area contributed by atoms with Crippen molar-refractivity contribution < 1.29 is 0 Å². The molecule has 1 aromatic heterocycles. The van der Waals surface area contributed by atoms with Crippen molar-refractivity contribution >= 4 is 34.5 Å². The lowest BCUT2D eigenvalue weighted by molar-refractivity contribution is 1.19. The third-order valence-electron chi connectivity index (χ3n) is 1.39. The van der Waals surface area contributed by atoms with E-state index >= 15 is 0 Å². The van der Waals surface area contributed by atoms with Crippen LogP contribution in [0.1, 0.15) is 0 Å². The molecule has 5 heteroatoms. The molecule has 0 saturated heterocycles. The Morgan fingerprint density at radius 2 is 1.80 bits per heavy atom. The molecule has 1 aromatic carbocycles. The predicted molar refractivity (Wildman–Crippen MR) is 67.8 cm³/mol. The smallest absolute Gasteiger partial charge is 0.219 e. The summed E-state index contributed by atoms with van der Waals surface area (Å²) in [7, 11) is 0. The number of halogens is 1. The van der Waals surface area contributed by atoms with Crippen molar-refractivity contribution in [2.45, 2.75) is 4.90 Å². The number of thiol groups is 1. The summed E-state index contributed by atoms with van der Waals surface area (Å²) in [5.41, 5.74) is 5.14. The number of aromatic nitrogens is 2. The van der Waals surface area contributed by atoms with Crippen LogP contribution in [0.15, 0.2) is 52.1 Å². The molecular formula is C10H10BrN3S. The van der Waals surface area contributed by atoms with Gasteiger partial charge in [-0.1, -0.05) is 22.0 Å². The standard InChI is InChI=1S/C6H5BrS.C4H5N3/c7-5-2-1-3-6(8)4-5;5-4-6-2-1-3-7-4/h1-4,8H;1-3H,(H2,5,6,7). The zero-order chi connectivity index (χ0) is 11.1. The molecule has 2 aromatic rings. The molecule has 0 amide bonds. The van der Waals surface area contributed by atoms with E-state index in [1.54, 1.807) is 18.5 Å². The molecule has 78 valence electrons. The van der Waals surface area contributed by atoms with Gasteiger partial charge in [-0.05, 0) is 24.3 Å². The van der Waals surface area contributed by atoms with E-state index < -0.39 is 0 Å². The molecule has 0 fully saturated rings. The van der Waals surface area contributed by atoms with Gasteiger partial charge in [-0.2, -0.15) is 0 Å². The number of nitrogen functional groups attached to an aromatic ring is 1. The van der Waals surface area contributed by atoms with Crippen LogP contribution in [-0.2, 0) is 0 Å². The van der Waals surface area contributed by atoms with Crippen LogP contribution in [0.4, 0.5) is 5.95 Å². The Hall–Kier alpha value is -1.07. The highest BCUT2D eigenvalue weighted by Gasteiger charge is 1.83. The van der Waals surface area contributed by atoms with Gasteiger partial charge >= 0.3 is 0 Å². The molecule has 0 saturated carbocycles. The second-order valence-corrected chi connectivity index (χ2v) is 4.02. The van der Waals surface area contributed by atoms with Crippen LogP contribution in [0.2, 0.25) is 0 Å². The number of nitrogens with zero attached hydrogens (tertiary/aromatic N) is 2. The normalized spacial score (nSPS) is 8.93. The maximum atomic E-state index is 5.14. The summed E-state index contributed by atoms with van der Waals surface area (Å²) >= 11 is 7.44. The molecule has 0 bridgehead atoms. The van der Waals surface area contributed by atoms with Crippen molar-refractivity contribution in [3.05, 3.63) is 47.2 Å². The van der Waals surface area contributed by atoms with E-state index in [-0.39, 0.29) is 0 Å². The first-order valence-corrected chi connectivity index (χ1v) is 5.39. The lowest BCUT2D eigenvalue weighted by Gasteiger charge is -1.88. The summed E-state index contributed by atoms with van der Waals surface area (Å²) < 4.78 is 1.07. The van der Waals surface area contributed by atoms with Crippen molar-refractivity contribution in [2.24, 2.45) is 0 Å². The quantitative estimate of drug-likeness (QED) is 0.731. The van der Waals surface area contributed by atoms with Crippen LogP contribution in [-0.4, -0.2) is 9.97 Å². The SMILES string of the molecule is Nc1ncccn1.Sc1cccc(Br)c1. The largest absolute Gasteiger partial charge is 0.368 e. The van der Waals surface area contributed by atoms with Gasteiger partial charge in [-0.25, -0.2) is 9.97 Å². The fraction of sp³-hybridized carbons (Fsp3) is 0. The predicted octanol–water partition coefficient (Wildman–Crippen LogP) is 2.80. The third kappa shape index (κ3) is 5.39. The first kappa shape index (κ1) is 12.0. The van der Waals surface area contributed by atoms with E-state index in [4.69, 9.17) is 5.73 Å². The van der Waals surface area contributed by atoms with E-state index in [1.165, 1.54) is 0 Å². The molecule has 0 aliphatic rings. The van der Waals surface area contributed by atoms with E-state index in [0.29, 0.717) is 5.95 Å². The first-order chi connectivity index (χ1) is 7.18. The highest BCUT2D eigenvalue weighted by atomic mass is 79.9. The molecule has 0 unspecified atom stereocenters. The summed E-state index contributed by atoms with van der Waals surface area (Å²) in [4.78, 5) is 8.28. The number of hydrogen-bond donors (Lipinski definition) is 2. The van der Waals surface area contributed by atoms with Gasteiger partial charge in [0.15, 0.2) is 0 Å². The van der Waals surface area contributed by atoms with Crippen LogP contribution in [0.3, 0.4) is 0 Å². The summed E-state index contributed by atoms with van der Waals surface area (Å²) in [6.07, 6.45) is 3.20. The van der Waals surface area contributed by atoms with Gasteiger partial charge in [-0.15, -0.1) is 12.6 Å². The van der Waals surface area contributed by atoms with Gasteiger partial charge < -0.3 is 5.73 Å². The molecule has 3 nitrogen and oxygen atoms in total. The average Bonchev–Trinajstić information content (AvgIpc) is 2.19. The van der Waals surface area contributed by atoms with Gasteiger partial charge in [0.1, 0.15) is 0 Å². The Morgan fingerprint density at radius 1 is 1.13 bits per heavy atom. The van der Waals surface area contributed by atoms with E-state index in [1.807, 2.05) is 24.3 Å². The summed E-state index contributed by atoms with van der Waals surface area (Å²) in [6.45, 7) is 0. The van der Waals surface area contributed by atoms with Gasteiger partial charge in [0.25, 0.3) is 0 Å². The van der Waals surface area contributed by atoms with E-state index in [0.717, 1.165) is 9.37 Å². The minimum Gasteiger partial charge on any atom is -0.368 e. The average molecular weight is 284 g/mol. The number of benzene rings is 1. The van der Waals surface area contributed by atoms with Crippen molar-refractivity contribution in [3.8, 4) is 0 Å². The fourth-order valence-corrected chi connectivity index (χ4v) is 1.59. The molecule has 0 radical (unpaired) electrons. The zero-order valence-corrected chi connectivity index (χ0v) is 10.3. The lowest BCUT2D eigenvalue weighted by Crippen LogP contribution is -1.90. The van der Waals surface area contributed by atoms with Gasteiger partial charge in [-0.3, -0.25) is 0 Å². The molecule has 2 rings (SSSR count). The first-order valence-electron chi connectivity index (χ1n) is 4.15. The Balaban J connectivity index is 0.000000151. The van der Waals surface area contributed by atoms with Crippen LogP contribution in [0.25, 0.3) is 0 Å². The van der Waals surface area contributed by atoms with Gasteiger partial charge in [0.2, 0.25) is 5.95 Å². The molecule has 15 heavy (non-hydrogen) atoms. The number of nitrogens with two attached hydrogens (primary N) is 1. The van der Waals surface area contributed by atoms with Gasteiger partial charge in [0.05, 0.1) is 0 Å². The Morgan fingerprint density at radius 3 is 2.13 bits per heavy atom. The molecule has 0 aliphatic carbocycles. The molecule has 2 N–H and O–H groups in total. The minimum absolute atomic E-state index is 0.322. The van der Waals surface area contributed by atoms with Crippen LogP contribution < -0.4 is 5.73 Å². The Bertz CT molecular complexity index is 391. The van der Waals surface area contributed by atoms with Gasteiger partial charge in [0, 0.05) is 21.8 Å². The highest BCUT2D eigenvalue weighted by molar-refractivity contribution is 9.10. The molecule has 0 atom stereocenters. The van der Waals surface area contributed by atoms with Crippen LogP contribution >= 0.6 is 28.6 Å². The van der Waals surface area contributed by atoms with E-state index in [2.05, 4.69) is 38.5 Å².